The van der Waals surface area contributed by atoms with Gasteiger partial charge in [0, 0.05) is 71.8 Å². The van der Waals surface area contributed by atoms with Crippen LogP contribution in [0.2, 0.25) is 0 Å². The van der Waals surface area contributed by atoms with Crippen LogP contribution < -0.4 is 0 Å². The Morgan fingerprint density at radius 3 is 1.55 bits per heavy atom. The molecule has 0 amide bonds. The van der Waals surface area contributed by atoms with Gasteiger partial charge in [-0.3, -0.25) is 4.57 Å². The van der Waals surface area contributed by atoms with Crippen molar-refractivity contribution in [3.63, 3.8) is 0 Å². The smallest absolute Gasteiger partial charge is 0.203 e. The maximum atomic E-state index is 11.8. The average Bonchev–Trinajstić information content (AvgIpc) is 3.62. The quantitative estimate of drug-likeness (QED) is 0.106. The van der Waals surface area contributed by atoms with Crippen LogP contribution >= 0.6 is 40.7 Å². The van der Waals surface area contributed by atoms with Crippen molar-refractivity contribution in [2.75, 3.05) is 58.0 Å². The minimum Gasteiger partial charge on any atom is -0.393 e. The molecule has 4 aliphatic heterocycles. The summed E-state index contributed by atoms with van der Waals surface area (Å²) in [6, 6.07) is -0.722. The fraction of sp³-hybridized carbons (Fsp3) is 0.929. The fourth-order valence-electron chi connectivity index (χ4n) is 5.43. The standard InChI is InChI=1S/C8H15BO4P2.C8H15BO2.C7H12BBrO2.C2H7P.CH4.2CH3.HNO.2Ni/c1-14-13-6-3-7(9)12-8(6)4-11-15(2,10)5-8;1-3-8(5-10)6(2)4-7(9)11-8;1-5-2-6(8)11-7(5,3-9)4-10;1-3-2;;;;1-2;;/h6-7,14H,3-5H2,1-2H3;6-7,10H,3-5H2,1-2H3;5-6,10H,2-4H2,1H3;3H,1-2H3;1H4;2*1H3;1H;;/q;;;;;2*-1;;;/t6-,7-,8+,15?;6-,7-,8+;5-,6-,7-;;;;;;;/m111......./s1. The molecule has 6 radical (unpaired) electrons. The maximum Gasteiger partial charge on any atom is 0.203 e. The molecule has 4 rings (SSSR count). The van der Waals surface area contributed by atoms with E-state index < -0.39 is 18.6 Å². The molecule has 47 heavy (non-hydrogen) atoms. The second-order valence-corrected chi connectivity index (χ2v) is 16.0. The summed E-state index contributed by atoms with van der Waals surface area (Å²) >= 11 is 3.32. The van der Waals surface area contributed by atoms with Crippen molar-refractivity contribution >= 4 is 64.2 Å². The van der Waals surface area contributed by atoms with Gasteiger partial charge in [-0.15, -0.1) is 8.58 Å². The van der Waals surface area contributed by atoms with Gasteiger partial charge in [-0.25, -0.2) is 0 Å². The molecule has 0 aromatic carbocycles. The number of hydrogen-bond donors (Lipinski definition) is 3. The van der Waals surface area contributed by atoms with E-state index >= 15 is 0 Å². The summed E-state index contributed by atoms with van der Waals surface area (Å²) in [7, 11) is 15.9. The molecule has 10 nitrogen and oxygen atoms in total. The van der Waals surface area contributed by atoms with E-state index in [0.717, 1.165) is 27.8 Å². The van der Waals surface area contributed by atoms with Crippen LogP contribution in [0.4, 0.5) is 0 Å². The van der Waals surface area contributed by atoms with E-state index in [9.17, 15) is 4.57 Å². The summed E-state index contributed by atoms with van der Waals surface area (Å²) in [5.41, 5.74) is 3.13. The van der Waals surface area contributed by atoms with Crippen LogP contribution in [0, 0.1) is 37.2 Å². The van der Waals surface area contributed by atoms with Crippen molar-refractivity contribution < 1.29 is 71.0 Å². The molecule has 4 heterocycles. The van der Waals surface area contributed by atoms with Crippen LogP contribution in [0.5, 0.6) is 0 Å². The predicted molar refractivity (Wildman–Crippen MR) is 200 cm³/mol. The van der Waals surface area contributed by atoms with Gasteiger partial charge in [-0.2, -0.15) is 4.91 Å². The van der Waals surface area contributed by atoms with E-state index in [2.05, 4.69) is 41.8 Å². The van der Waals surface area contributed by atoms with E-state index in [1.165, 1.54) is 0 Å². The number of halogens is 1. The molecule has 0 saturated carbocycles. The summed E-state index contributed by atoms with van der Waals surface area (Å²) in [4.78, 5) is 7.50. The van der Waals surface area contributed by atoms with Gasteiger partial charge in [-0.05, 0) is 57.5 Å². The van der Waals surface area contributed by atoms with Gasteiger partial charge in [0.25, 0.3) is 0 Å². The molecule has 19 heteroatoms. The largest absolute Gasteiger partial charge is 0.393 e. The van der Waals surface area contributed by atoms with Gasteiger partial charge in [0.1, 0.15) is 34.7 Å². The number of ether oxygens (including phenoxy) is 3. The molecule has 1 spiro atoms. The Labute approximate surface area is 323 Å². The molecule has 2 unspecified atom stereocenters. The molecular weight excluding hydrogens is 817 g/mol. The van der Waals surface area contributed by atoms with Crippen molar-refractivity contribution in [3.05, 3.63) is 19.8 Å². The minimum atomic E-state index is -2.50. The fourth-order valence-corrected chi connectivity index (χ4v) is 8.81. The third kappa shape index (κ3) is 18.1. The van der Waals surface area contributed by atoms with E-state index in [-0.39, 0.29) is 98.2 Å². The van der Waals surface area contributed by atoms with E-state index in [1.54, 1.807) is 6.66 Å². The Morgan fingerprint density at radius 2 is 1.32 bits per heavy atom. The first-order valence-corrected chi connectivity index (χ1v) is 20.9. The summed E-state index contributed by atoms with van der Waals surface area (Å²) in [5, 5.41) is 18.9. The van der Waals surface area contributed by atoms with Crippen molar-refractivity contribution in [3.8, 4) is 0 Å². The number of rotatable bonds is 6. The third-order valence-corrected chi connectivity index (χ3v) is 11.2. The normalized spacial score (nSPS) is 37.7. The monoisotopic (exact) mass is 875 g/mol. The van der Waals surface area contributed by atoms with Crippen LogP contribution in [-0.4, -0.2) is 133 Å². The first kappa shape index (κ1) is 61.1. The van der Waals surface area contributed by atoms with E-state index in [1.807, 2.05) is 20.5 Å². The number of aliphatic hydroxyl groups excluding tert-OH is 2. The van der Waals surface area contributed by atoms with Gasteiger partial charge in [0.15, 0.2) is 0 Å². The third-order valence-electron chi connectivity index (χ3n) is 7.92. The molecule has 4 saturated heterocycles. The van der Waals surface area contributed by atoms with Gasteiger partial charge >= 0.3 is 0 Å². The molecule has 4 aliphatic rings. The van der Waals surface area contributed by atoms with Crippen molar-refractivity contribution in [2.45, 2.75) is 94.8 Å². The summed E-state index contributed by atoms with van der Waals surface area (Å²) in [5.74, 6) is 0.689. The van der Waals surface area contributed by atoms with Gasteiger partial charge < -0.3 is 48.3 Å². The van der Waals surface area contributed by atoms with Gasteiger partial charge in [0.2, 0.25) is 7.37 Å². The molecule has 0 aliphatic carbocycles. The number of nitroso groups, excluding NO2 is 1. The van der Waals surface area contributed by atoms with E-state index in [0.29, 0.717) is 45.2 Å². The van der Waals surface area contributed by atoms with Crippen LogP contribution in [0.25, 0.3) is 0 Å². The van der Waals surface area contributed by atoms with Crippen molar-refractivity contribution in [2.24, 2.45) is 11.8 Å². The Balaban J connectivity index is -0.000000121. The number of aliphatic hydroxyl groups is 2. The SMILES string of the molecule is C.CPC.N=O.[B][C@H]1C[C@@H](C)[C@](CC)(CO)O1.[B][C@H]1C[C@@H](C)[C@](CO)(CBr)O1.[B][C@H]1C[C@@H](OPC)[C@@]2(COP(C)(=O)C2)O1.[CH3-].[CH3-].[Ni].[Ni]. The zero-order valence-corrected chi connectivity index (χ0v) is 35.2. The summed E-state index contributed by atoms with van der Waals surface area (Å²) < 4.78 is 39.4. The molecule has 0 aromatic rings. The second-order valence-electron chi connectivity index (χ2n) is 11.2. The van der Waals surface area contributed by atoms with Crippen LogP contribution in [-0.2, 0) is 60.8 Å². The molecule has 4 fully saturated rings. The van der Waals surface area contributed by atoms with Crippen LogP contribution in [0.1, 0.15) is 53.9 Å². The summed E-state index contributed by atoms with van der Waals surface area (Å²) in [6.07, 6.45) is 3.51. The van der Waals surface area contributed by atoms with E-state index in [4.69, 9.17) is 61.9 Å². The zero-order valence-electron chi connectivity index (χ0n) is 28.8. The minimum absolute atomic E-state index is 0. The molecule has 0 bridgehead atoms. The van der Waals surface area contributed by atoms with Crippen molar-refractivity contribution in [1.82, 2.24) is 0 Å². The number of hydrogen-bond acceptors (Lipinski definition) is 10. The zero-order chi connectivity index (χ0) is 32.8. The molecular formula is C28H60B3BrNNi2O9P3-2. The maximum absolute atomic E-state index is 11.8. The van der Waals surface area contributed by atoms with Crippen LogP contribution in [0.15, 0.2) is 0 Å². The predicted octanol–water partition coefficient (Wildman–Crippen LogP) is 5.32. The molecule has 3 N–H and O–H groups in total. The van der Waals surface area contributed by atoms with Gasteiger partial charge in [-0.1, -0.05) is 49.7 Å². The first-order chi connectivity index (χ1) is 19.7. The molecule has 0 aromatic heterocycles. The Bertz CT molecular complexity index is 790. The first-order valence-electron chi connectivity index (χ1n) is 14.1. The second kappa shape index (κ2) is 29.5. The van der Waals surface area contributed by atoms with Crippen LogP contribution in [0.3, 0.4) is 0 Å². The Morgan fingerprint density at radius 1 is 0.915 bits per heavy atom. The summed E-state index contributed by atoms with van der Waals surface area (Å²) in [6.45, 7) is 14.5. The Hall–Kier alpha value is 2.07. The molecule has 284 valence electrons. The topological polar surface area (TPSA) is 145 Å². The Kier molecular flexibility index (Phi) is 38.4. The molecule has 11 atom stereocenters. The number of nitrogens with one attached hydrogen (secondary N) is 1. The van der Waals surface area contributed by atoms with Crippen molar-refractivity contribution in [1.29, 1.82) is 5.59 Å². The number of alkyl halides is 1. The average molecular weight is 877 g/mol. The van der Waals surface area contributed by atoms with Gasteiger partial charge in [0.05, 0.1) is 37.7 Å².